The Morgan fingerprint density at radius 3 is 2.30 bits per heavy atom. The van der Waals surface area contributed by atoms with Crippen LogP contribution in [0.5, 0.6) is 0 Å². The fraction of sp³-hybridized carbons (Fsp3) is 1.00. The normalized spacial score (nSPS) is 50.8. The minimum atomic E-state index is -0.345. The van der Waals surface area contributed by atoms with Crippen LogP contribution in [-0.4, -0.2) is 10.7 Å². The zero-order valence-electron chi connectivity index (χ0n) is 18.9. The Balaban J connectivity index is 1.53. The quantitative estimate of drug-likeness (QED) is 0.550. The smallest absolute Gasteiger partial charge is 0.0703 e. The van der Waals surface area contributed by atoms with E-state index in [1.54, 1.807) is 0 Å². The lowest BCUT2D eigenvalue weighted by Gasteiger charge is -2.63. The van der Waals surface area contributed by atoms with Gasteiger partial charge in [0.2, 0.25) is 0 Å². The van der Waals surface area contributed by atoms with Crippen LogP contribution in [0.3, 0.4) is 0 Å². The third-order valence-electron chi connectivity index (χ3n) is 10.7. The second kappa shape index (κ2) is 7.03. The van der Waals surface area contributed by atoms with Crippen LogP contribution in [0.25, 0.3) is 0 Å². The standard InChI is InChI=1S/C26H46O/c1-18(2)8-9-19(3)21-10-11-22-20-12-17-26(27)15-7-6-14-25(26,5)23(20)13-16-24(21,22)4/h18-23,27H,6-17H2,1-5H3/t19-,20+,21-,22+,23+,24-,25-,26-/m1/s1. The lowest BCUT2D eigenvalue weighted by atomic mass is 9.43. The van der Waals surface area contributed by atoms with Gasteiger partial charge in [-0.2, -0.15) is 0 Å². The van der Waals surface area contributed by atoms with Gasteiger partial charge < -0.3 is 5.11 Å². The van der Waals surface area contributed by atoms with Gasteiger partial charge in [0.05, 0.1) is 5.60 Å². The highest BCUT2D eigenvalue weighted by Crippen LogP contribution is 2.69. The number of hydrogen-bond acceptors (Lipinski definition) is 1. The highest BCUT2D eigenvalue weighted by molar-refractivity contribution is 5.13. The summed E-state index contributed by atoms with van der Waals surface area (Å²) in [5, 5.41) is 11.6. The molecule has 0 bridgehead atoms. The van der Waals surface area contributed by atoms with E-state index in [1.165, 1.54) is 64.2 Å². The minimum absolute atomic E-state index is 0.205. The molecule has 4 fully saturated rings. The molecule has 1 nitrogen and oxygen atoms in total. The molecule has 0 aromatic rings. The molecule has 0 aliphatic heterocycles. The summed E-state index contributed by atoms with van der Waals surface area (Å²) in [7, 11) is 0. The Labute approximate surface area is 169 Å². The van der Waals surface area contributed by atoms with Crippen LogP contribution in [0.1, 0.15) is 112 Å². The Bertz CT molecular complexity index is 540. The summed E-state index contributed by atoms with van der Waals surface area (Å²) < 4.78 is 0. The van der Waals surface area contributed by atoms with Crippen LogP contribution in [0, 0.1) is 46.3 Å². The summed E-state index contributed by atoms with van der Waals surface area (Å²) in [6.07, 6.45) is 15.9. The van der Waals surface area contributed by atoms with Crippen molar-refractivity contribution < 1.29 is 5.11 Å². The van der Waals surface area contributed by atoms with Crippen molar-refractivity contribution in [1.82, 2.24) is 0 Å². The molecule has 4 saturated carbocycles. The van der Waals surface area contributed by atoms with Crippen LogP contribution < -0.4 is 0 Å². The van der Waals surface area contributed by atoms with Gasteiger partial charge in [0.25, 0.3) is 0 Å². The Kier molecular flexibility index (Phi) is 5.27. The maximum atomic E-state index is 11.6. The number of rotatable bonds is 4. The molecule has 0 heterocycles. The third kappa shape index (κ3) is 3.04. The first-order chi connectivity index (χ1) is 12.7. The maximum absolute atomic E-state index is 11.6. The molecule has 4 aliphatic carbocycles. The molecule has 1 N–H and O–H groups in total. The van der Waals surface area contributed by atoms with Crippen molar-refractivity contribution >= 4 is 0 Å². The van der Waals surface area contributed by atoms with Crippen molar-refractivity contribution in [2.75, 3.05) is 0 Å². The zero-order chi connectivity index (χ0) is 19.4. The van der Waals surface area contributed by atoms with Crippen LogP contribution >= 0.6 is 0 Å². The van der Waals surface area contributed by atoms with Crippen molar-refractivity contribution in [2.24, 2.45) is 46.3 Å². The van der Waals surface area contributed by atoms with E-state index in [-0.39, 0.29) is 11.0 Å². The summed E-state index contributed by atoms with van der Waals surface area (Å²) in [6, 6.07) is 0. The van der Waals surface area contributed by atoms with E-state index in [0.29, 0.717) is 5.41 Å². The van der Waals surface area contributed by atoms with E-state index >= 15 is 0 Å². The minimum Gasteiger partial charge on any atom is -0.389 e. The zero-order valence-corrected chi connectivity index (χ0v) is 18.9. The van der Waals surface area contributed by atoms with Gasteiger partial charge in [0, 0.05) is 0 Å². The predicted molar refractivity (Wildman–Crippen MR) is 115 cm³/mol. The van der Waals surface area contributed by atoms with E-state index in [0.717, 1.165) is 48.3 Å². The van der Waals surface area contributed by atoms with E-state index in [4.69, 9.17) is 0 Å². The molecule has 156 valence electrons. The van der Waals surface area contributed by atoms with E-state index < -0.39 is 0 Å². The van der Waals surface area contributed by atoms with Gasteiger partial charge in [0.15, 0.2) is 0 Å². The van der Waals surface area contributed by atoms with Gasteiger partial charge in [-0.05, 0) is 97.7 Å². The molecule has 8 atom stereocenters. The summed E-state index contributed by atoms with van der Waals surface area (Å²) in [5.74, 6) is 5.31. The molecule has 0 unspecified atom stereocenters. The van der Waals surface area contributed by atoms with Crippen LogP contribution in [0.2, 0.25) is 0 Å². The molecule has 4 aliphatic rings. The molecule has 0 spiro atoms. The fourth-order valence-electron chi connectivity index (χ4n) is 9.03. The average molecular weight is 375 g/mol. The molecular formula is C26H46O. The van der Waals surface area contributed by atoms with Crippen molar-refractivity contribution in [3.63, 3.8) is 0 Å². The maximum Gasteiger partial charge on any atom is 0.0703 e. The second-order valence-electron chi connectivity index (χ2n) is 12.2. The van der Waals surface area contributed by atoms with Crippen molar-refractivity contribution in [3.05, 3.63) is 0 Å². The number of fused-ring (bicyclic) bond motifs is 5. The predicted octanol–water partition coefficient (Wildman–Crippen LogP) is 7.22. The van der Waals surface area contributed by atoms with Crippen LogP contribution in [0.15, 0.2) is 0 Å². The van der Waals surface area contributed by atoms with E-state index in [2.05, 4.69) is 34.6 Å². The Morgan fingerprint density at radius 2 is 1.56 bits per heavy atom. The molecule has 0 saturated heterocycles. The first kappa shape index (κ1) is 20.2. The SMILES string of the molecule is CC(C)CC[C@@H](C)[C@H]1CC[C@H]2[C@@H]3CC[C@]4(O)CCCC[C@]4(C)[C@H]3CC[C@]12C. The molecule has 4 rings (SSSR count). The lowest BCUT2D eigenvalue weighted by molar-refractivity contribution is -0.205. The lowest BCUT2D eigenvalue weighted by Crippen LogP contribution is -2.61. The highest BCUT2D eigenvalue weighted by Gasteiger charge is 2.63. The molecule has 27 heavy (non-hydrogen) atoms. The fourth-order valence-corrected chi connectivity index (χ4v) is 9.03. The van der Waals surface area contributed by atoms with Crippen molar-refractivity contribution in [2.45, 2.75) is 117 Å². The van der Waals surface area contributed by atoms with Crippen LogP contribution in [0.4, 0.5) is 0 Å². The first-order valence-electron chi connectivity index (χ1n) is 12.4. The van der Waals surface area contributed by atoms with Gasteiger partial charge in [0.1, 0.15) is 0 Å². The summed E-state index contributed by atoms with van der Waals surface area (Å²) in [4.78, 5) is 0. The molecular weight excluding hydrogens is 328 g/mol. The molecule has 0 aromatic heterocycles. The van der Waals surface area contributed by atoms with Gasteiger partial charge in [-0.1, -0.05) is 60.3 Å². The van der Waals surface area contributed by atoms with Gasteiger partial charge in [-0.3, -0.25) is 0 Å². The number of hydrogen-bond donors (Lipinski definition) is 1. The van der Waals surface area contributed by atoms with Crippen molar-refractivity contribution in [1.29, 1.82) is 0 Å². The second-order valence-corrected chi connectivity index (χ2v) is 12.2. The average Bonchev–Trinajstić information content (AvgIpc) is 2.97. The van der Waals surface area contributed by atoms with Crippen molar-refractivity contribution in [3.8, 4) is 0 Å². The van der Waals surface area contributed by atoms with Gasteiger partial charge in [-0.15, -0.1) is 0 Å². The van der Waals surface area contributed by atoms with Gasteiger partial charge >= 0.3 is 0 Å². The van der Waals surface area contributed by atoms with Gasteiger partial charge in [-0.25, -0.2) is 0 Å². The monoisotopic (exact) mass is 374 g/mol. The van der Waals surface area contributed by atoms with E-state index in [1.807, 2.05) is 0 Å². The van der Waals surface area contributed by atoms with E-state index in [9.17, 15) is 5.11 Å². The highest BCUT2D eigenvalue weighted by atomic mass is 16.3. The molecule has 0 radical (unpaired) electrons. The largest absolute Gasteiger partial charge is 0.389 e. The summed E-state index contributed by atoms with van der Waals surface area (Å²) >= 11 is 0. The molecule has 0 aromatic carbocycles. The Hall–Kier alpha value is -0.0400. The molecule has 1 heteroatoms. The Morgan fingerprint density at radius 1 is 0.815 bits per heavy atom. The summed E-state index contributed by atoms with van der Waals surface area (Å²) in [5.41, 5.74) is 0.442. The first-order valence-corrected chi connectivity index (χ1v) is 12.4. The third-order valence-corrected chi connectivity index (χ3v) is 10.7. The number of aliphatic hydroxyl groups is 1. The van der Waals surface area contributed by atoms with Crippen LogP contribution in [-0.2, 0) is 0 Å². The topological polar surface area (TPSA) is 20.2 Å². The summed E-state index contributed by atoms with van der Waals surface area (Å²) in [6.45, 7) is 12.5. The molecule has 0 amide bonds.